The van der Waals surface area contributed by atoms with Gasteiger partial charge < -0.3 is 4.84 Å². The van der Waals surface area contributed by atoms with Gasteiger partial charge in [-0.15, -0.1) is 0 Å². The lowest BCUT2D eigenvalue weighted by molar-refractivity contribution is -0.113. The summed E-state index contributed by atoms with van der Waals surface area (Å²) in [5.74, 6) is 0.432. The van der Waals surface area contributed by atoms with Gasteiger partial charge in [0.2, 0.25) is 0 Å². The zero-order chi connectivity index (χ0) is 16.2. The average Bonchev–Trinajstić information content (AvgIpc) is 2.96. The molecular formula is C19H35NO2. The summed E-state index contributed by atoms with van der Waals surface area (Å²) in [7, 11) is 0. The Bertz CT molecular complexity index is 338. The third-order valence-electron chi connectivity index (χ3n) is 4.72. The first kappa shape index (κ1) is 19.2. The van der Waals surface area contributed by atoms with E-state index < -0.39 is 0 Å². The highest BCUT2D eigenvalue weighted by Crippen LogP contribution is 2.25. The van der Waals surface area contributed by atoms with Gasteiger partial charge in [0.1, 0.15) is 11.8 Å². The van der Waals surface area contributed by atoms with Crippen LogP contribution >= 0.6 is 0 Å². The van der Waals surface area contributed by atoms with Crippen LogP contribution in [0.4, 0.5) is 0 Å². The molecule has 0 saturated carbocycles. The Kier molecular flexibility index (Phi) is 10.2. The molecule has 22 heavy (non-hydrogen) atoms. The second kappa shape index (κ2) is 11.7. The lowest BCUT2D eigenvalue weighted by atomic mass is 9.89. The molecular weight excluding hydrogens is 274 g/mol. The van der Waals surface area contributed by atoms with Gasteiger partial charge in [0.25, 0.3) is 0 Å². The van der Waals surface area contributed by atoms with Crippen LogP contribution < -0.4 is 0 Å². The minimum atomic E-state index is 0.118. The van der Waals surface area contributed by atoms with E-state index >= 15 is 0 Å². The number of rotatable bonds is 13. The number of hydrogen-bond donors (Lipinski definition) is 0. The summed E-state index contributed by atoms with van der Waals surface area (Å²) >= 11 is 0. The van der Waals surface area contributed by atoms with Crippen LogP contribution in [0.25, 0.3) is 0 Å². The summed E-state index contributed by atoms with van der Waals surface area (Å²) in [6.07, 6.45) is 14.2. The van der Waals surface area contributed by atoms with E-state index in [1.165, 1.54) is 51.4 Å². The van der Waals surface area contributed by atoms with Crippen molar-refractivity contribution in [3.63, 3.8) is 0 Å². The maximum absolute atomic E-state index is 12.3. The molecule has 0 aromatic rings. The molecule has 128 valence electrons. The van der Waals surface area contributed by atoms with Crippen molar-refractivity contribution in [2.75, 3.05) is 0 Å². The predicted octanol–water partition coefficient (Wildman–Crippen LogP) is 5.67. The molecule has 1 heterocycles. The second-order valence-electron chi connectivity index (χ2n) is 6.54. The van der Waals surface area contributed by atoms with Gasteiger partial charge in [-0.1, -0.05) is 77.3 Å². The maximum atomic E-state index is 12.3. The van der Waals surface area contributed by atoms with Crippen LogP contribution in [0, 0.1) is 5.92 Å². The lowest BCUT2D eigenvalue weighted by Gasteiger charge is -2.14. The first-order chi connectivity index (χ1) is 10.7. The third-order valence-corrected chi connectivity index (χ3v) is 4.72. The van der Waals surface area contributed by atoms with E-state index in [1.807, 2.05) is 0 Å². The number of unbranched alkanes of at least 4 members (excludes halogenated alkanes) is 8. The second-order valence-corrected chi connectivity index (χ2v) is 6.54. The molecule has 1 aliphatic heterocycles. The quantitative estimate of drug-likeness (QED) is 0.411. The van der Waals surface area contributed by atoms with Crippen LogP contribution in [0.3, 0.4) is 0 Å². The fraction of sp³-hybridized carbons (Fsp3) is 0.895. The standard InChI is InChI=1S/C19H35NO2/c1-4-7-8-9-10-11-12-13-14-15-17(21)19-16(5-2)18(6-3)22-20-19/h16,18H,4-15H2,1-3H3. The molecule has 0 aromatic heterocycles. The third kappa shape index (κ3) is 6.50. The van der Waals surface area contributed by atoms with Crippen molar-refractivity contribution in [1.82, 2.24) is 0 Å². The van der Waals surface area contributed by atoms with Crippen molar-refractivity contribution in [2.24, 2.45) is 11.1 Å². The van der Waals surface area contributed by atoms with Crippen molar-refractivity contribution < 1.29 is 9.63 Å². The van der Waals surface area contributed by atoms with Crippen LogP contribution in [-0.4, -0.2) is 17.6 Å². The highest BCUT2D eigenvalue weighted by molar-refractivity contribution is 6.40. The molecule has 0 aliphatic carbocycles. The molecule has 0 amide bonds. The van der Waals surface area contributed by atoms with E-state index in [4.69, 9.17) is 4.84 Å². The first-order valence-electron chi connectivity index (χ1n) is 9.51. The van der Waals surface area contributed by atoms with Crippen molar-refractivity contribution in [2.45, 2.75) is 104 Å². The van der Waals surface area contributed by atoms with Gasteiger partial charge in [-0.3, -0.25) is 4.79 Å². The Morgan fingerprint density at radius 2 is 1.50 bits per heavy atom. The summed E-state index contributed by atoms with van der Waals surface area (Å²) in [5.41, 5.74) is 0.703. The largest absolute Gasteiger partial charge is 0.391 e. The summed E-state index contributed by atoms with van der Waals surface area (Å²) in [6, 6.07) is 0. The van der Waals surface area contributed by atoms with Gasteiger partial charge in [-0.05, 0) is 19.3 Å². The van der Waals surface area contributed by atoms with E-state index in [2.05, 4.69) is 25.9 Å². The van der Waals surface area contributed by atoms with Crippen LogP contribution in [-0.2, 0) is 9.63 Å². The summed E-state index contributed by atoms with van der Waals surface area (Å²) in [5, 5.41) is 4.06. The molecule has 2 atom stereocenters. The molecule has 0 spiro atoms. The highest BCUT2D eigenvalue weighted by atomic mass is 16.6. The molecule has 1 rings (SSSR count). The van der Waals surface area contributed by atoms with Crippen LogP contribution in [0.2, 0.25) is 0 Å². The Balaban J connectivity index is 2.09. The molecule has 3 nitrogen and oxygen atoms in total. The van der Waals surface area contributed by atoms with Gasteiger partial charge in [0.05, 0.1) is 0 Å². The number of hydrogen-bond acceptors (Lipinski definition) is 3. The maximum Gasteiger partial charge on any atom is 0.180 e. The van der Waals surface area contributed by atoms with Crippen molar-refractivity contribution >= 4 is 11.5 Å². The number of carbonyl (C=O) groups is 1. The van der Waals surface area contributed by atoms with Crippen molar-refractivity contribution in [1.29, 1.82) is 0 Å². The van der Waals surface area contributed by atoms with Gasteiger partial charge in [-0.25, -0.2) is 0 Å². The summed E-state index contributed by atoms with van der Waals surface area (Å²) in [6.45, 7) is 6.46. The van der Waals surface area contributed by atoms with Gasteiger partial charge >= 0.3 is 0 Å². The van der Waals surface area contributed by atoms with Crippen molar-refractivity contribution in [3.8, 4) is 0 Å². The molecule has 1 aliphatic rings. The minimum Gasteiger partial charge on any atom is -0.391 e. The first-order valence-corrected chi connectivity index (χ1v) is 9.51. The molecule has 2 unspecified atom stereocenters. The average molecular weight is 309 g/mol. The van der Waals surface area contributed by atoms with E-state index in [0.717, 1.165) is 19.3 Å². The van der Waals surface area contributed by atoms with E-state index in [9.17, 15) is 4.79 Å². The lowest BCUT2D eigenvalue weighted by Crippen LogP contribution is -2.27. The zero-order valence-corrected chi connectivity index (χ0v) is 14.9. The van der Waals surface area contributed by atoms with E-state index in [1.54, 1.807) is 0 Å². The zero-order valence-electron chi connectivity index (χ0n) is 14.9. The molecule has 3 heteroatoms. The molecule has 0 saturated heterocycles. The number of oxime groups is 1. The number of carbonyl (C=O) groups excluding carboxylic acids is 1. The number of Topliss-reactive ketones (excluding diaryl/α,β-unsaturated/α-hetero) is 1. The molecule has 0 radical (unpaired) electrons. The monoisotopic (exact) mass is 309 g/mol. The van der Waals surface area contributed by atoms with E-state index in [-0.39, 0.29) is 17.8 Å². The fourth-order valence-corrected chi connectivity index (χ4v) is 3.24. The van der Waals surface area contributed by atoms with Crippen LogP contribution in [0.5, 0.6) is 0 Å². The molecule has 0 fully saturated rings. The fourth-order valence-electron chi connectivity index (χ4n) is 3.24. The minimum absolute atomic E-state index is 0.118. The normalized spacial score (nSPS) is 20.8. The molecule has 0 N–H and O–H groups in total. The number of nitrogens with zero attached hydrogens (tertiary/aromatic N) is 1. The van der Waals surface area contributed by atoms with Gasteiger partial charge in [-0.2, -0.15) is 0 Å². The predicted molar refractivity (Wildman–Crippen MR) is 93.2 cm³/mol. The van der Waals surface area contributed by atoms with Gasteiger partial charge in [0, 0.05) is 12.3 Å². The molecule has 0 bridgehead atoms. The number of ketones is 1. The van der Waals surface area contributed by atoms with E-state index in [0.29, 0.717) is 12.1 Å². The van der Waals surface area contributed by atoms with Crippen LogP contribution in [0.15, 0.2) is 5.16 Å². The Morgan fingerprint density at radius 1 is 0.909 bits per heavy atom. The van der Waals surface area contributed by atoms with Crippen molar-refractivity contribution in [3.05, 3.63) is 0 Å². The summed E-state index contributed by atoms with van der Waals surface area (Å²) < 4.78 is 0. The molecule has 0 aromatic carbocycles. The highest BCUT2D eigenvalue weighted by Gasteiger charge is 2.34. The Hall–Kier alpha value is -0.860. The SMILES string of the molecule is CCCCCCCCCCCC(=O)C1=NOC(CC)C1CC. The Morgan fingerprint density at radius 3 is 2.05 bits per heavy atom. The Labute approximate surface area is 136 Å². The smallest absolute Gasteiger partial charge is 0.180 e. The van der Waals surface area contributed by atoms with Crippen LogP contribution in [0.1, 0.15) is 97.8 Å². The summed E-state index contributed by atoms with van der Waals surface area (Å²) in [4.78, 5) is 17.7. The van der Waals surface area contributed by atoms with Gasteiger partial charge in [0.15, 0.2) is 5.78 Å². The topological polar surface area (TPSA) is 38.7 Å².